The number of hydrogen-bond acceptors (Lipinski definition) is 5. The fourth-order valence-electron chi connectivity index (χ4n) is 4.92. The van der Waals surface area contributed by atoms with Gasteiger partial charge in [0.2, 0.25) is 5.91 Å². The minimum Gasteiger partial charge on any atom is -0.364 e. The molecule has 0 spiro atoms. The molecule has 1 saturated heterocycles. The highest BCUT2D eigenvalue weighted by atomic mass is 35.5. The van der Waals surface area contributed by atoms with E-state index in [9.17, 15) is 9.59 Å². The van der Waals surface area contributed by atoms with Gasteiger partial charge in [0.15, 0.2) is 5.82 Å². The van der Waals surface area contributed by atoms with Crippen LogP contribution >= 0.6 is 12.4 Å². The number of carbonyl (C=O) groups is 1. The van der Waals surface area contributed by atoms with E-state index in [0.717, 1.165) is 35.3 Å². The van der Waals surface area contributed by atoms with E-state index in [1.54, 1.807) is 6.20 Å². The summed E-state index contributed by atoms with van der Waals surface area (Å²) in [6.45, 7) is 7.29. The van der Waals surface area contributed by atoms with E-state index in [-0.39, 0.29) is 30.4 Å². The van der Waals surface area contributed by atoms with Gasteiger partial charge in [0.25, 0.3) is 5.56 Å². The van der Waals surface area contributed by atoms with Gasteiger partial charge in [-0.3, -0.25) is 19.1 Å². The van der Waals surface area contributed by atoms with E-state index in [1.807, 2.05) is 25.3 Å². The molecule has 1 atom stereocenters. The van der Waals surface area contributed by atoms with E-state index in [2.05, 4.69) is 38.5 Å². The van der Waals surface area contributed by atoms with Crippen molar-refractivity contribution >= 4 is 35.0 Å². The predicted molar refractivity (Wildman–Crippen MR) is 141 cm³/mol. The fraction of sp³-hybridized carbons (Fsp3) is 0.500. The van der Waals surface area contributed by atoms with Crippen molar-refractivity contribution < 1.29 is 4.79 Å². The molecule has 2 fully saturated rings. The minimum absolute atomic E-state index is 0. The van der Waals surface area contributed by atoms with Gasteiger partial charge < -0.3 is 15.6 Å². The summed E-state index contributed by atoms with van der Waals surface area (Å²) in [6, 6.07) is 6.55. The number of aryl methyl sites for hydroxylation is 2. The maximum absolute atomic E-state index is 13.1. The van der Waals surface area contributed by atoms with Crippen molar-refractivity contribution in [2.24, 2.45) is 5.92 Å². The Labute approximate surface area is 211 Å². The van der Waals surface area contributed by atoms with Crippen LogP contribution in [-0.4, -0.2) is 51.0 Å². The van der Waals surface area contributed by atoms with Crippen LogP contribution in [0.4, 0.5) is 5.82 Å². The number of nitrogens with one attached hydrogen (secondary N) is 3. The van der Waals surface area contributed by atoms with Crippen LogP contribution in [0.5, 0.6) is 0 Å². The number of carbonyl (C=O) groups excluding carboxylic acids is 1. The lowest BCUT2D eigenvalue weighted by atomic mass is 10.1. The van der Waals surface area contributed by atoms with Crippen LogP contribution in [0.25, 0.3) is 10.9 Å². The molecule has 0 bridgehead atoms. The number of halogens is 1. The zero-order chi connectivity index (χ0) is 23.7. The van der Waals surface area contributed by atoms with Crippen molar-refractivity contribution in [2.75, 3.05) is 25.0 Å². The first-order valence-corrected chi connectivity index (χ1v) is 12.4. The molecule has 0 unspecified atom stereocenters. The molecule has 2 aromatic heterocycles. The van der Waals surface area contributed by atoms with Crippen LogP contribution in [0.3, 0.4) is 0 Å². The third kappa shape index (κ3) is 5.87. The van der Waals surface area contributed by atoms with Gasteiger partial charge >= 0.3 is 0 Å². The summed E-state index contributed by atoms with van der Waals surface area (Å²) in [7, 11) is 0. The number of H-pyrrole nitrogens is 1. The molecular formula is C26H35ClN6O2. The van der Waals surface area contributed by atoms with E-state index in [1.165, 1.54) is 35.9 Å². The molecule has 1 saturated carbocycles. The predicted octanol–water partition coefficient (Wildman–Crippen LogP) is 3.37. The second-order valence-electron chi connectivity index (χ2n) is 9.88. The maximum atomic E-state index is 13.1. The first-order valence-electron chi connectivity index (χ1n) is 12.4. The zero-order valence-electron chi connectivity index (χ0n) is 20.5. The number of hydrogen-bond donors (Lipinski definition) is 3. The first-order chi connectivity index (χ1) is 16.5. The lowest BCUT2D eigenvalue weighted by Crippen LogP contribution is -2.38. The summed E-state index contributed by atoms with van der Waals surface area (Å²) in [5.41, 5.74) is 3.71. The Bertz CT molecular complexity index is 1250. The van der Waals surface area contributed by atoms with Crippen LogP contribution in [0, 0.1) is 19.8 Å². The molecule has 3 aromatic rings. The number of likely N-dealkylation sites (tertiary alicyclic amines) is 1. The van der Waals surface area contributed by atoms with Crippen molar-refractivity contribution in [2.45, 2.75) is 58.7 Å². The van der Waals surface area contributed by atoms with Crippen LogP contribution in [0.2, 0.25) is 0 Å². The van der Waals surface area contributed by atoms with Gasteiger partial charge in [-0.25, -0.2) is 4.98 Å². The quantitative estimate of drug-likeness (QED) is 0.420. The third-order valence-corrected chi connectivity index (χ3v) is 7.19. The van der Waals surface area contributed by atoms with Crippen LogP contribution in [0.1, 0.15) is 42.5 Å². The number of fused-ring (bicyclic) bond motifs is 1. The molecule has 8 nitrogen and oxygen atoms in total. The molecule has 3 N–H and O–H groups in total. The second-order valence-corrected chi connectivity index (χ2v) is 9.88. The number of amides is 1. The number of nitrogens with zero attached hydrogens (tertiary/aromatic N) is 3. The number of rotatable bonds is 9. The molecule has 5 rings (SSSR count). The SMILES string of the molecule is Cc1c[nH]c2ccc(CNC(=O)Cn3c(C)cnc(NC[C@H]4CCCN4CC4CC4)c3=O)cc12.Cl. The molecule has 188 valence electrons. The number of anilines is 1. The lowest BCUT2D eigenvalue weighted by Gasteiger charge is -2.24. The van der Waals surface area contributed by atoms with E-state index in [0.29, 0.717) is 30.6 Å². The molecule has 9 heteroatoms. The summed E-state index contributed by atoms with van der Waals surface area (Å²) >= 11 is 0. The fourth-order valence-corrected chi connectivity index (χ4v) is 4.92. The largest absolute Gasteiger partial charge is 0.364 e. The molecular weight excluding hydrogens is 464 g/mol. The van der Waals surface area contributed by atoms with E-state index < -0.39 is 0 Å². The van der Waals surface area contributed by atoms with Crippen molar-refractivity contribution in [1.29, 1.82) is 0 Å². The lowest BCUT2D eigenvalue weighted by molar-refractivity contribution is -0.121. The Hall–Kier alpha value is -2.84. The Kier molecular flexibility index (Phi) is 7.82. The first kappa shape index (κ1) is 25.3. The summed E-state index contributed by atoms with van der Waals surface area (Å²) in [4.78, 5) is 35.9. The average molecular weight is 499 g/mol. The number of benzene rings is 1. The molecule has 1 amide bonds. The Morgan fingerprint density at radius 3 is 2.86 bits per heavy atom. The van der Waals surface area contributed by atoms with Crippen molar-refractivity contribution in [3.63, 3.8) is 0 Å². The molecule has 0 radical (unpaired) electrons. The molecule has 1 aromatic carbocycles. The van der Waals surface area contributed by atoms with Gasteiger partial charge in [-0.1, -0.05) is 6.07 Å². The van der Waals surface area contributed by atoms with Gasteiger partial charge in [0.05, 0.1) is 0 Å². The highest BCUT2D eigenvalue weighted by Gasteiger charge is 2.31. The molecule has 35 heavy (non-hydrogen) atoms. The number of aromatic nitrogens is 3. The van der Waals surface area contributed by atoms with Crippen LogP contribution in [-0.2, 0) is 17.9 Å². The molecule has 1 aliphatic heterocycles. The highest BCUT2D eigenvalue weighted by molar-refractivity contribution is 5.85. The normalized spacial score (nSPS) is 17.9. The summed E-state index contributed by atoms with van der Waals surface area (Å²) < 4.78 is 1.50. The maximum Gasteiger partial charge on any atom is 0.293 e. The summed E-state index contributed by atoms with van der Waals surface area (Å²) in [5, 5.41) is 7.38. The van der Waals surface area contributed by atoms with Gasteiger partial charge in [0, 0.05) is 54.7 Å². The van der Waals surface area contributed by atoms with Gasteiger partial charge in [-0.15, -0.1) is 12.4 Å². The van der Waals surface area contributed by atoms with Crippen LogP contribution < -0.4 is 16.2 Å². The monoisotopic (exact) mass is 498 g/mol. The topological polar surface area (TPSA) is 95.0 Å². The summed E-state index contributed by atoms with van der Waals surface area (Å²) in [6.07, 6.45) is 8.70. The highest BCUT2D eigenvalue weighted by Crippen LogP contribution is 2.32. The van der Waals surface area contributed by atoms with Crippen molar-refractivity contribution in [3.8, 4) is 0 Å². The third-order valence-electron chi connectivity index (χ3n) is 7.19. The van der Waals surface area contributed by atoms with Gasteiger partial charge in [-0.05, 0) is 75.3 Å². The minimum atomic E-state index is -0.244. The molecule has 1 aliphatic carbocycles. The van der Waals surface area contributed by atoms with Gasteiger partial charge in [0.1, 0.15) is 6.54 Å². The van der Waals surface area contributed by atoms with Crippen molar-refractivity contribution in [1.82, 2.24) is 24.8 Å². The molecule has 3 heterocycles. The smallest absolute Gasteiger partial charge is 0.293 e. The van der Waals surface area contributed by atoms with Crippen LogP contribution in [0.15, 0.2) is 35.4 Å². The van der Waals surface area contributed by atoms with E-state index >= 15 is 0 Å². The Balaban J connectivity index is 0.00000289. The van der Waals surface area contributed by atoms with Gasteiger partial charge in [-0.2, -0.15) is 0 Å². The Morgan fingerprint density at radius 2 is 2.06 bits per heavy atom. The number of aromatic amines is 1. The Morgan fingerprint density at radius 1 is 1.23 bits per heavy atom. The standard InChI is InChI=1S/C26H34N6O2.ClH/c1-17-11-27-23-8-7-20(10-22(17)23)13-28-24(33)16-32-18(2)12-29-25(26(32)34)30-14-21-4-3-9-31(21)15-19-5-6-19;/h7-8,10-12,19,21,27H,3-6,9,13-16H2,1-2H3,(H,28,33)(H,29,30);1H/t21-;/m1./s1. The zero-order valence-corrected chi connectivity index (χ0v) is 21.3. The molecule has 2 aliphatic rings. The van der Waals surface area contributed by atoms with Crippen molar-refractivity contribution in [3.05, 3.63) is 57.8 Å². The van der Waals surface area contributed by atoms with E-state index in [4.69, 9.17) is 0 Å². The average Bonchev–Trinajstić information content (AvgIpc) is 3.42. The summed E-state index contributed by atoms with van der Waals surface area (Å²) in [5.74, 6) is 0.993. The second kappa shape index (κ2) is 10.8.